The molecule has 1 heterocycles. The second-order valence-electron chi connectivity index (χ2n) is 5.34. The summed E-state index contributed by atoms with van der Waals surface area (Å²) in [7, 11) is 0. The van der Waals surface area contributed by atoms with E-state index in [1.54, 1.807) is 0 Å². The Morgan fingerprint density at radius 1 is 1.25 bits per heavy atom. The lowest BCUT2D eigenvalue weighted by molar-refractivity contribution is 0.256. The maximum Gasteiger partial charge on any atom is 0.0338 e. The lowest BCUT2D eigenvalue weighted by Gasteiger charge is -2.30. The van der Waals surface area contributed by atoms with Crippen LogP contribution in [0.5, 0.6) is 0 Å². The number of aryl methyl sites for hydroxylation is 1. The van der Waals surface area contributed by atoms with Crippen molar-refractivity contribution < 1.29 is 0 Å². The molecule has 2 heteroatoms. The second kappa shape index (κ2) is 4.96. The van der Waals surface area contributed by atoms with Gasteiger partial charge in [0.2, 0.25) is 0 Å². The van der Waals surface area contributed by atoms with Crippen molar-refractivity contribution in [1.29, 1.82) is 0 Å². The smallest absolute Gasteiger partial charge is 0.0338 e. The van der Waals surface area contributed by atoms with E-state index in [0.717, 1.165) is 5.92 Å². The average Bonchev–Trinajstić information content (AvgIpc) is 2.29. The molecule has 0 aliphatic heterocycles. The first-order chi connectivity index (χ1) is 7.66. The normalized spacial score (nSPS) is 27.7. The van der Waals surface area contributed by atoms with Crippen LogP contribution in [-0.2, 0) is 0 Å². The van der Waals surface area contributed by atoms with E-state index in [1.165, 1.54) is 36.8 Å². The fourth-order valence-corrected chi connectivity index (χ4v) is 2.68. The Kier molecular flexibility index (Phi) is 3.59. The molecule has 1 saturated carbocycles. The van der Waals surface area contributed by atoms with Gasteiger partial charge < -0.3 is 5.73 Å². The largest absolute Gasteiger partial charge is 0.324 e. The predicted octanol–water partition coefficient (Wildman–Crippen LogP) is 3.22. The van der Waals surface area contributed by atoms with E-state index in [9.17, 15) is 0 Å². The molecule has 1 unspecified atom stereocenters. The monoisotopic (exact) mass is 218 g/mol. The summed E-state index contributed by atoms with van der Waals surface area (Å²) in [4.78, 5) is 4.24. The summed E-state index contributed by atoms with van der Waals surface area (Å²) in [6, 6.07) is 2.36. The predicted molar refractivity (Wildman–Crippen MR) is 67.0 cm³/mol. The Labute approximate surface area is 98.3 Å². The number of hydrogen-bond donors (Lipinski definition) is 1. The Balaban J connectivity index is 2.04. The van der Waals surface area contributed by atoms with Crippen LogP contribution < -0.4 is 5.73 Å². The van der Waals surface area contributed by atoms with Crippen molar-refractivity contribution in [3.05, 3.63) is 29.6 Å². The standard InChI is InChI=1S/C14H22N2/c1-10-3-5-12(6-4-10)14(15)13-7-11(2)8-16-9-13/h7-10,12,14H,3-6,15H2,1-2H3. The third-order valence-electron chi connectivity index (χ3n) is 3.85. The van der Waals surface area contributed by atoms with Gasteiger partial charge in [0.1, 0.15) is 0 Å². The van der Waals surface area contributed by atoms with Gasteiger partial charge in [-0.15, -0.1) is 0 Å². The van der Waals surface area contributed by atoms with Gasteiger partial charge in [0.25, 0.3) is 0 Å². The summed E-state index contributed by atoms with van der Waals surface area (Å²) >= 11 is 0. The third kappa shape index (κ3) is 2.62. The summed E-state index contributed by atoms with van der Waals surface area (Å²) < 4.78 is 0. The molecule has 0 spiro atoms. The zero-order valence-electron chi connectivity index (χ0n) is 10.3. The molecule has 0 aromatic carbocycles. The highest BCUT2D eigenvalue weighted by atomic mass is 14.7. The quantitative estimate of drug-likeness (QED) is 0.827. The summed E-state index contributed by atoms with van der Waals surface area (Å²) in [5.74, 6) is 1.54. The Bertz CT molecular complexity index is 340. The number of pyridine rings is 1. The summed E-state index contributed by atoms with van der Waals surface area (Å²) in [6.45, 7) is 4.42. The molecule has 88 valence electrons. The molecular weight excluding hydrogens is 196 g/mol. The Hall–Kier alpha value is -0.890. The minimum absolute atomic E-state index is 0.180. The molecule has 1 aromatic rings. The van der Waals surface area contributed by atoms with Crippen molar-refractivity contribution in [2.75, 3.05) is 0 Å². The van der Waals surface area contributed by atoms with Crippen molar-refractivity contribution in [3.63, 3.8) is 0 Å². The molecule has 2 rings (SSSR count). The van der Waals surface area contributed by atoms with Gasteiger partial charge in [-0.2, -0.15) is 0 Å². The third-order valence-corrected chi connectivity index (χ3v) is 3.85. The van der Waals surface area contributed by atoms with Gasteiger partial charge in [0, 0.05) is 18.4 Å². The molecule has 0 radical (unpaired) electrons. The molecule has 1 atom stereocenters. The summed E-state index contributed by atoms with van der Waals surface area (Å²) in [5, 5.41) is 0. The van der Waals surface area contributed by atoms with Gasteiger partial charge in [-0.1, -0.05) is 25.8 Å². The maximum absolute atomic E-state index is 6.34. The zero-order valence-corrected chi connectivity index (χ0v) is 10.3. The van der Waals surface area contributed by atoms with E-state index in [1.807, 2.05) is 12.4 Å². The first-order valence-electron chi connectivity index (χ1n) is 6.34. The fourth-order valence-electron chi connectivity index (χ4n) is 2.68. The van der Waals surface area contributed by atoms with E-state index in [-0.39, 0.29) is 6.04 Å². The van der Waals surface area contributed by atoms with Crippen LogP contribution in [0.3, 0.4) is 0 Å². The highest BCUT2D eigenvalue weighted by molar-refractivity contribution is 5.20. The van der Waals surface area contributed by atoms with Crippen LogP contribution in [-0.4, -0.2) is 4.98 Å². The molecule has 1 aromatic heterocycles. The van der Waals surface area contributed by atoms with Crippen molar-refractivity contribution in [3.8, 4) is 0 Å². The minimum Gasteiger partial charge on any atom is -0.324 e. The molecule has 0 saturated heterocycles. The topological polar surface area (TPSA) is 38.9 Å². The van der Waals surface area contributed by atoms with Crippen molar-refractivity contribution in [1.82, 2.24) is 4.98 Å². The molecular formula is C14H22N2. The fraction of sp³-hybridized carbons (Fsp3) is 0.643. The van der Waals surface area contributed by atoms with Gasteiger partial charge in [-0.25, -0.2) is 0 Å². The number of rotatable bonds is 2. The van der Waals surface area contributed by atoms with Crippen molar-refractivity contribution in [2.24, 2.45) is 17.6 Å². The van der Waals surface area contributed by atoms with Crippen LogP contribution in [0.1, 0.15) is 49.8 Å². The van der Waals surface area contributed by atoms with Crippen LogP contribution in [0.25, 0.3) is 0 Å². The van der Waals surface area contributed by atoms with Gasteiger partial charge in [0.05, 0.1) is 0 Å². The first-order valence-corrected chi connectivity index (χ1v) is 6.34. The molecule has 1 aliphatic rings. The number of nitrogens with two attached hydrogens (primary N) is 1. The van der Waals surface area contributed by atoms with Gasteiger partial charge >= 0.3 is 0 Å². The summed E-state index contributed by atoms with van der Waals surface area (Å²) in [5.41, 5.74) is 8.76. The van der Waals surface area contributed by atoms with E-state index < -0.39 is 0 Å². The molecule has 0 bridgehead atoms. The van der Waals surface area contributed by atoms with Crippen molar-refractivity contribution >= 4 is 0 Å². The van der Waals surface area contributed by atoms with E-state index >= 15 is 0 Å². The number of nitrogens with zero attached hydrogens (tertiary/aromatic N) is 1. The Morgan fingerprint density at radius 3 is 2.56 bits per heavy atom. The van der Waals surface area contributed by atoms with Crippen LogP contribution in [0.2, 0.25) is 0 Å². The molecule has 1 fully saturated rings. The zero-order chi connectivity index (χ0) is 11.5. The lowest BCUT2D eigenvalue weighted by Crippen LogP contribution is -2.25. The van der Waals surface area contributed by atoms with Crippen LogP contribution in [0.4, 0.5) is 0 Å². The van der Waals surface area contributed by atoms with Gasteiger partial charge in [0.15, 0.2) is 0 Å². The van der Waals surface area contributed by atoms with E-state index in [0.29, 0.717) is 5.92 Å². The second-order valence-corrected chi connectivity index (χ2v) is 5.34. The van der Waals surface area contributed by atoms with Crippen molar-refractivity contribution in [2.45, 2.75) is 45.6 Å². The Morgan fingerprint density at radius 2 is 1.94 bits per heavy atom. The summed E-state index contributed by atoms with van der Waals surface area (Å²) in [6.07, 6.45) is 9.02. The average molecular weight is 218 g/mol. The molecule has 2 N–H and O–H groups in total. The molecule has 16 heavy (non-hydrogen) atoms. The van der Waals surface area contributed by atoms with Gasteiger partial charge in [-0.05, 0) is 42.7 Å². The highest BCUT2D eigenvalue weighted by Gasteiger charge is 2.24. The number of hydrogen-bond acceptors (Lipinski definition) is 2. The van der Waals surface area contributed by atoms with Crippen LogP contribution >= 0.6 is 0 Å². The van der Waals surface area contributed by atoms with E-state index in [4.69, 9.17) is 5.73 Å². The van der Waals surface area contributed by atoms with Crippen LogP contribution in [0.15, 0.2) is 18.5 Å². The first kappa shape index (κ1) is 11.6. The SMILES string of the molecule is Cc1cncc(C(N)C2CCC(C)CC2)c1. The van der Waals surface area contributed by atoms with Crippen LogP contribution in [0, 0.1) is 18.8 Å². The van der Waals surface area contributed by atoms with E-state index in [2.05, 4.69) is 24.9 Å². The highest BCUT2D eigenvalue weighted by Crippen LogP contribution is 2.35. The van der Waals surface area contributed by atoms with Gasteiger partial charge in [-0.3, -0.25) is 4.98 Å². The number of aromatic nitrogens is 1. The minimum atomic E-state index is 0.180. The lowest BCUT2D eigenvalue weighted by atomic mass is 9.78. The molecule has 0 amide bonds. The molecule has 1 aliphatic carbocycles. The molecule has 2 nitrogen and oxygen atoms in total. The maximum atomic E-state index is 6.34.